The van der Waals surface area contributed by atoms with Gasteiger partial charge < -0.3 is 10.4 Å². The van der Waals surface area contributed by atoms with Gasteiger partial charge in [-0.25, -0.2) is 0 Å². The molecule has 7 heteroatoms. The van der Waals surface area contributed by atoms with Crippen LogP contribution in [0.25, 0.3) is 0 Å². The van der Waals surface area contributed by atoms with Crippen LogP contribution in [0.3, 0.4) is 0 Å². The summed E-state index contributed by atoms with van der Waals surface area (Å²) in [5.41, 5.74) is 0.341. The van der Waals surface area contributed by atoms with Crippen molar-refractivity contribution in [1.82, 2.24) is 0 Å². The molecule has 0 bridgehead atoms. The molecule has 1 aromatic carbocycles. The van der Waals surface area contributed by atoms with Gasteiger partial charge in [-0.1, -0.05) is 23.2 Å². The molecule has 0 fully saturated rings. The number of aliphatic hydroxyl groups is 1. The van der Waals surface area contributed by atoms with E-state index in [-0.39, 0.29) is 28.4 Å². The van der Waals surface area contributed by atoms with Crippen LogP contribution in [0.4, 0.5) is 11.4 Å². The van der Waals surface area contributed by atoms with Crippen LogP contribution in [0.5, 0.6) is 0 Å². The van der Waals surface area contributed by atoms with E-state index in [4.69, 9.17) is 28.3 Å². The first-order valence-corrected chi connectivity index (χ1v) is 6.22. The third kappa shape index (κ3) is 4.01. The van der Waals surface area contributed by atoms with Crippen molar-refractivity contribution < 1.29 is 10.0 Å². The molecule has 0 radical (unpaired) electrons. The Labute approximate surface area is 115 Å². The molecule has 1 aromatic rings. The second-order valence-corrected chi connectivity index (χ2v) is 4.77. The number of halogens is 2. The first-order valence-electron chi connectivity index (χ1n) is 5.46. The van der Waals surface area contributed by atoms with Crippen molar-refractivity contribution in [2.45, 2.75) is 25.8 Å². The predicted octanol–water partition coefficient (Wildman–Crippen LogP) is 3.47. The van der Waals surface area contributed by atoms with Gasteiger partial charge in [-0.15, -0.1) is 0 Å². The molecule has 0 amide bonds. The molecule has 0 aliphatic heterocycles. The van der Waals surface area contributed by atoms with Gasteiger partial charge in [0.25, 0.3) is 5.69 Å². The van der Waals surface area contributed by atoms with Gasteiger partial charge in [-0.3, -0.25) is 10.1 Å². The molecule has 18 heavy (non-hydrogen) atoms. The Kier molecular flexibility index (Phi) is 5.65. The molecule has 1 rings (SSSR count). The summed E-state index contributed by atoms with van der Waals surface area (Å²) in [4.78, 5) is 10.1. The summed E-state index contributed by atoms with van der Waals surface area (Å²) in [6.45, 7) is 2.04. The van der Waals surface area contributed by atoms with E-state index in [1.165, 1.54) is 12.1 Å². The molecule has 0 heterocycles. The molecule has 0 aliphatic rings. The van der Waals surface area contributed by atoms with Crippen molar-refractivity contribution in [3.05, 3.63) is 32.3 Å². The molecular weight excluding hydrogens is 279 g/mol. The molecule has 0 saturated carbocycles. The number of benzene rings is 1. The number of nitro benzene ring substituents is 1. The number of nitrogens with zero attached hydrogens (tertiary/aromatic N) is 1. The van der Waals surface area contributed by atoms with E-state index in [1.54, 1.807) is 0 Å². The lowest BCUT2D eigenvalue weighted by molar-refractivity contribution is -0.384. The van der Waals surface area contributed by atoms with Crippen LogP contribution in [0.15, 0.2) is 12.1 Å². The van der Waals surface area contributed by atoms with Crippen LogP contribution in [0.1, 0.15) is 19.8 Å². The highest BCUT2D eigenvalue weighted by molar-refractivity contribution is 6.39. The Morgan fingerprint density at radius 2 is 2.00 bits per heavy atom. The van der Waals surface area contributed by atoms with E-state index in [1.807, 2.05) is 6.92 Å². The van der Waals surface area contributed by atoms with Crippen LogP contribution in [-0.4, -0.2) is 22.7 Å². The van der Waals surface area contributed by atoms with Crippen molar-refractivity contribution in [2.24, 2.45) is 0 Å². The number of nitro groups is 1. The lowest BCUT2D eigenvalue weighted by Gasteiger charge is -2.16. The van der Waals surface area contributed by atoms with Crippen molar-refractivity contribution in [1.29, 1.82) is 0 Å². The first-order chi connectivity index (χ1) is 8.45. The van der Waals surface area contributed by atoms with Gasteiger partial charge in [0.05, 0.1) is 20.7 Å². The fraction of sp³-hybridized carbons (Fsp3) is 0.455. The molecule has 2 N–H and O–H groups in total. The zero-order chi connectivity index (χ0) is 13.7. The van der Waals surface area contributed by atoms with E-state index < -0.39 is 4.92 Å². The van der Waals surface area contributed by atoms with Gasteiger partial charge in [0.1, 0.15) is 0 Å². The Hall–Kier alpha value is -1.04. The van der Waals surface area contributed by atoms with Crippen molar-refractivity contribution in [2.75, 3.05) is 11.9 Å². The Morgan fingerprint density at radius 1 is 1.44 bits per heavy atom. The second kappa shape index (κ2) is 6.78. The summed E-state index contributed by atoms with van der Waals surface area (Å²) in [5, 5.41) is 22.9. The normalized spacial score (nSPS) is 12.2. The fourth-order valence-electron chi connectivity index (χ4n) is 1.52. The van der Waals surface area contributed by atoms with E-state index in [9.17, 15) is 10.1 Å². The summed E-state index contributed by atoms with van der Waals surface area (Å²) in [6, 6.07) is 2.58. The Morgan fingerprint density at radius 3 is 2.44 bits per heavy atom. The molecule has 0 aromatic heterocycles. The first kappa shape index (κ1) is 15.0. The fourth-order valence-corrected chi connectivity index (χ4v) is 2.10. The molecule has 1 unspecified atom stereocenters. The average molecular weight is 293 g/mol. The minimum absolute atomic E-state index is 0.0635. The molecular formula is C11H14Cl2N2O3. The van der Waals surface area contributed by atoms with Crippen LogP contribution >= 0.6 is 23.2 Å². The minimum atomic E-state index is -0.545. The number of non-ortho nitro benzene ring substituents is 1. The van der Waals surface area contributed by atoms with Crippen molar-refractivity contribution in [3.63, 3.8) is 0 Å². The summed E-state index contributed by atoms with van der Waals surface area (Å²) < 4.78 is 0. The van der Waals surface area contributed by atoms with Gasteiger partial charge in [0.15, 0.2) is 0 Å². The lowest BCUT2D eigenvalue weighted by atomic mass is 10.1. The summed E-state index contributed by atoms with van der Waals surface area (Å²) in [6.07, 6.45) is 1.41. The number of nitrogens with one attached hydrogen (secondary N) is 1. The topological polar surface area (TPSA) is 75.4 Å². The van der Waals surface area contributed by atoms with Crippen LogP contribution in [0, 0.1) is 10.1 Å². The summed E-state index contributed by atoms with van der Waals surface area (Å²) >= 11 is 11.9. The molecule has 0 saturated heterocycles. The average Bonchev–Trinajstić information content (AvgIpc) is 2.30. The quantitative estimate of drug-likeness (QED) is 0.622. The Bertz CT molecular complexity index is 417. The van der Waals surface area contributed by atoms with Crippen LogP contribution < -0.4 is 5.32 Å². The highest BCUT2D eigenvalue weighted by Gasteiger charge is 2.15. The number of hydrogen-bond donors (Lipinski definition) is 2. The minimum Gasteiger partial charge on any atom is -0.396 e. The molecule has 5 nitrogen and oxygen atoms in total. The van der Waals surface area contributed by atoms with Gasteiger partial charge in [-0.05, 0) is 19.8 Å². The predicted molar refractivity (Wildman–Crippen MR) is 72.5 cm³/mol. The molecule has 100 valence electrons. The van der Waals surface area contributed by atoms with E-state index >= 15 is 0 Å². The summed E-state index contributed by atoms with van der Waals surface area (Å²) in [5.74, 6) is 0. The highest BCUT2D eigenvalue weighted by atomic mass is 35.5. The summed E-state index contributed by atoms with van der Waals surface area (Å²) in [7, 11) is 0. The Balaban J connectivity index is 2.86. The highest BCUT2D eigenvalue weighted by Crippen LogP contribution is 2.35. The monoisotopic (exact) mass is 292 g/mol. The lowest BCUT2D eigenvalue weighted by Crippen LogP contribution is -2.16. The smallest absolute Gasteiger partial charge is 0.272 e. The maximum atomic E-state index is 10.6. The molecule has 0 spiro atoms. The number of hydrogen-bond acceptors (Lipinski definition) is 4. The van der Waals surface area contributed by atoms with E-state index in [2.05, 4.69) is 5.32 Å². The zero-order valence-electron chi connectivity index (χ0n) is 9.82. The standard InChI is InChI=1S/C11H14Cl2N2O3/c1-7(3-2-4-16)14-11-9(12)5-8(15(17)18)6-10(11)13/h5-7,14,16H,2-4H2,1H3. The van der Waals surface area contributed by atoms with E-state index in [0.29, 0.717) is 12.1 Å². The second-order valence-electron chi connectivity index (χ2n) is 3.95. The van der Waals surface area contributed by atoms with Crippen LogP contribution in [-0.2, 0) is 0 Å². The molecule has 0 aliphatic carbocycles. The van der Waals surface area contributed by atoms with Crippen molar-refractivity contribution >= 4 is 34.6 Å². The molecule has 1 atom stereocenters. The van der Waals surface area contributed by atoms with Crippen molar-refractivity contribution in [3.8, 4) is 0 Å². The number of rotatable bonds is 6. The SMILES string of the molecule is CC(CCCO)Nc1c(Cl)cc([N+](=O)[O-])cc1Cl. The third-order valence-electron chi connectivity index (χ3n) is 2.42. The third-order valence-corrected chi connectivity index (χ3v) is 3.02. The zero-order valence-corrected chi connectivity index (χ0v) is 11.3. The maximum absolute atomic E-state index is 10.6. The van der Waals surface area contributed by atoms with E-state index in [0.717, 1.165) is 6.42 Å². The largest absolute Gasteiger partial charge is 0.396 e. The van der Waals surface area contributed by atoms with Crippen LogP contribution in [0.2, 0.25) is 10.0 Å². The number of aliphatic hydroxyl groups excluding tert-OH is 1. The van der Waals surface area contributed by atoms with Gasteiger partial charge in [-0.2, -0.15) is 0 Å². The maximum Gasteiger partial charge on any atom is 0.272 e. The van der Waals surface area contributed by atoms with Gasteiger partial charge in [0.2, 0.25) is 0 Å². The number of anilines is 1. The van der Waals surface area contributed by atoms with Gasteiger partial charge >= 0.3 is 0 Å². The van der Waals surface area contributed by atoms with Gasteiger partial charge in [0, 0.05) is 24.8 Å².